The van der Waals surface area contributed by atoms with Gasteiger partial charge in [0.15, 0.2) is 0 Å². The van der Waals surface area contributed by atoms with Crippen LogP contribution in [0.5, 0.6) is 0 Å². The van der Waals surface area contributed by atoms with Gasteiger partial charge in [0.2, 0.25) is 11.8 Å². The lowest BCUT2D eigenvalue weighted by Crippen LogP contribution is -2.38. The Hall–Kier alpha value is -2.75. The summed E-state index contributed by atoms with van der Waals surface area (Å²) in [7, 11) is 0. The van der Waals surface area contributed by atoms with Crippen LogP contribution in [0.25, 0.3) is 0 Å². The number of amides is 2. The summed E-state index contributed by atoms with van der Waals surface area (Å²) >= 11 is 5.67. The number of carbonyl (C=O) groups is 2. The van der Waals surface area contributed by atoms with Crippen molar-refractivity contribution in [1.29, 1.82) is 0 Å². The summed E-state index contributed by atoms with van der Waals surface area (Å²) in [6.45, 7) is 7.66. The number of anilines is 1. The van der Waals surface area contributed by atoms with Gasteiger partial charge in [0, 0.05) is 60.4 Å². The topological polar surface area (TPSA) is 159 Å². The van der Waals surface area contributed by atoms with Crippen LogP contribution in [0, 0.1) is 25.7 Å². The van der Waals surface area contributed by atoms with Crippen LogP contribution in [0.3, 0.4) is 0 Å². The minimum atomic E-state index is -0.161. The van der Waals surface area contributed by atoms with Gasteiger partial charge < -0.3 is 27.2 Å². The molecule has 0 unspecified atom stereocenters. The van der Waals surface area contributed by atoms with Gasteiger partial charge in [-0.2, -0.15) is 0 Å². The molecule has 0 aromatic carbocycles. The van der Waals surface area contributed by atoms with Gasteiger partial charge in [-0.15, -0.1) is 0 Å². The van der Waals surface area contributed by atoms with Gasteiger partial charge in [0.05, 0.1) is 0 Å². The lowest BCUT2D eigenvalue weighted by Gasteiger charge is -2.33. The molecule has 0 aliphatic carbocycles. The zero-order valence-electron chi connectivity index (χ0n) is 20.0. The molecule has 10 heteroatoms. The number of halogens is 1. The van der Waals surface area contributed by atoms with E-state index in [-0.39, 0.29) is 29.1 Å². The van der Waals surface area contributed by atoms with Crippen molar-refractivity contribution in [2.24, 2.45) is 23.3 Å². The molecule has 0 saturated carbocycles. The van der Waals surface area contributed by atoms with Crippen LogP contribution in [-0.2, 0) is 9.59 Å². The Morgan fingerprint density at radius 1 is 0.912 bits per heavy atom. The lowest BCUT2D eigenvalue weighted by atomic mass is 9.96. The Morgan fingerprint density at radius 2 is 1.41 bits per heavy atom. The van der Waals surface area contributed by atoms with Crippen molar-refractivity contribution in [3.63, 3.8) is 0 Å². The Bertz CT molecular complexity index is 879. The number of hydrogen-bond donors (Lipinski definition) is 3. The van der Waals surface area contributed by atoms with Gasteiger partial charge in [-0.3, -0.25) is 19.6 Å². The number of piperidine rings is 2. The molecule has 0 radical (unpaired) electrons. The molecule has 188 valence electrons. The van der Waals surface area contributed by atoms with Crippen LogP contribution in [0.1, 0.15) is 36.8 Å². The van der Waals surface area contributed by atoms with Gasteiger partial charge in [-0.25, -0.2) is 0 Å². The Labute approximate surface area is 206 Å². The highest BCUT2D eigenvalue weighted by Crippen LogP contribution is 2.25. The number of carbonyl (C=O) groups excluding carboxylic acids is 2. The fraction of sp³-hybridized carbons (Fsp3) is 0.500. The van der Waals surface area contributed by atoms with E-state index in [0.717, 1.165) is 62.4 Å². The van der Waals surface area contributed by atoms with Crippen molar-refractivity contribution < 1.29 is 15.1 Å². The minimum Gasteiger partial charge on any atom is -0.412 e. The minimum absolute atomic E-state index is 0. The van der Waals surface area contributed by atoms with Crippen molar-refractivity contribution in [3.8, 4) is 0 Å². The third-order valence-electron chi connectivity index (χ3n) is 5.92. The Balaban J connectivity index is 0.000000274. The van der Waals surface area contributed by atoms with E-state index in [1.165, 1.54) is 11.3 Å². The third kappa shape index (κ3) is 9.62. The van der Waals surface area contributed by atoms with Crippen LogP contribution in [0.15, 0.2) is 36.9 Å². The molecule has 4 rings (SSSR count). The molecule has 2 aliphatic rings. The maximum Gasteiger partial charge on any atom is 0.220 e. The van der Waals surface area contributed by atoms with Crippen LogP contribution in [-0.4, -0.2) is 53.4 Å². The number of nitrogens with zero attached hydrogens (tertiary/aromatic N) is 3. The predicted molar refractivity (Wildman–Crippen MR) is 135 cm³/mol. The van der Waals surface area contributed by atoms with E-state index in [4.69, 9.17) is 23.1 Å². The molecular formula is C24H37ClN6O3. The average molecular weight is 493 g/mol. The third-order valence-corrected chi connectivity index (χ3v) is 6.35. The van der Waals surface area contributed by atoms with Gasteiger partial charge in [-0.05, 0) is 75.9 Å². The molecule has 2 fully saturated rings. The summed E-state index contributed by atoms with van der Waals surface area (Å²) in [6, 6.07) is 3.80. The smallest absolute Gasteiger partial charge is 0.220 e. The molecule has 7 N–H and O–H groups in total. The van der Waals surface area contributed by atoms with E-state index in [0.29, 0.717) is 0 Å². The molecule has 0 bridgehead atoms. The fourth-order valence-corrected chi connectivity index (χ4v) is 3.89. The maximum atomic E-state index is 11.1. The van der Waals surface area contributed by atoms with Crippen LogP contribution < -0.4 is 21.7 Å². The van der Waals surface area contributed by atoms with E-state index < -0.39 is 0 Å². The fourth-order valence-electron chi connectivity index (χ4n) is 3.79. The van der Waals surface area contributed by atoms with Crippen LogP contribution >= 0.6 is 11.6 Å². The van der Waals surface area contributed by atoms with Crippen LogP contribution in [0.2, 0.25) is 5.02 Å². The highest BCUT2D eigenvalue weighted by atomic mass is 35.5. The summed E-state index contributed by atoms with van der Waals surface area (Å²) in [5.41, 5.74) is 13.8. The summed E-state index contributed by atoms with van der Waals surface area (Å²) in [6.07, 6.45) is 10.6. The molecule has 2 saturated heterocycles. The van der Waals surface area contributed by atoms with E-state index in [1.54, 1.807) is 18.5 Å². The van der Waals surface area contributed by atoms with Crippen molar-refractivity contribution in [3.05, 3.63) is 53.1 Å². The molecule has 2 aromatic heterocycles. The van der Waals surface area contributed by atoms with Crippen molar-refractivity contribution in [2.45, 2.75) is 39.5 Å². The van der Waals surface area contributed by atoms with Crippen molar-refractivity contribution in [1.82, 2.24) is 15.3 Å². The number of primary amides is 2. The molecular weight excluding hydrogens is 456 g/mol. The number of aromatic nitrogens is 2. The Kier molecular flexibility index (Phi) is 13.1. The van der Waals surface area contributed by atoms with Gasteiger partial charge in [0.1, 0.15) is 0 Å². The maximum absolute atomic E-state index is 11.1. The second kappa shape index (κ2) is 15.2. The normalized spacial score (nSPS) is 16.1. The highest BCUT2D eigenvalue weighted by Gasteiger charge is 2.23. The monoisotopic (exact) mass is 492 g/mol. The summed E-state index contributed by atoms with van der Waals surface area (Å²) in [4.78, 5) is 31.9. The largest absolute Gasteiger partial charge is 0.412 e. The molecule has 34 heavy (non-hydrogen) atoms. The number of nitrogens with two attached hydrogens (primary N) is 2. The molecule has 2 aliphatic heterocycles. The summed E-state index contributed by atoms with van der Waals surface area (Å²) in [5.74, 6) is -0.118. The number of pyridine rings is 2. The van der Waals surface area contributed by atoms with E-state index in [1.807, 2.05) is 25.4 Å². The number of nitrogens with one attached hydrogen (secondary N) is 1. The van der Waals surface area contributed by atoms with Gasteiger partial charge >= 0.3 is 0 Å². The number of aryl methyl sites for hydroxylation is 2. The van der Waals surface area contributed by atoms with Crippen molar-refractivity contribution in [2.75, 3.05) is 31.1 Å². The van der Waals surface area contributed by atoms with E-state index in [9.17, 15) is 9.59 Å². The predicted octanol–water partition coefficient (Wildman–Crippen LogP) is 1.78. The second-order valence-corrected chi connectivity index (χ2v) is 8.78. The quantitative estimate of drug-likeness (QED) is 0.592. The SMILES string of the molecule is Cc1cnccc1Cl.Cc1cnccc1N1CCC(C(N)=O)CC1.NC(=O)C1CCNCC1.O. The number of hydrogen-bond acceptors (Lipinski definition) is 6. The molecule has 9 nitrogen and oxygen atoms in total. The first kappa shape index (κ1) is 29.3. The first-order valence-corrected chi connectivity index (χ1v) is 11.7. The van der Waals surface area contributed by atoms with Gasteiger partial charge in [-0.1, -0.05) is 11.6 Å². The lowest BCUT2D eigenvalue weighted by molar-refractivity contribution is -0.123. The van der Waals surface area contributed by atoms with E-state index in [2.05, 4.69) is 27.1 Å². The first-order valence-electron chi connectivity index (χ1n) is 11.3. The zero-order chi connectivity index (χ0) is 24.2. The number of rotatable bonds is 3. The van der Waals surface area contributed by atoms with Crippen LogP contribution in [0.4, 0.5) is 5.69 Å². The standard InChI is InChI=1S/C12H17N3O.C6H6ClN.C6H12N2O.H2O/c1-9-8-14-5-2-11(9)15-6-3-10(4-7-15)12(13)16;1-5-4-8-3-2-6(5)7;7-6(9)5-1-3-8-4-2-5;/h2,5,8,10H,3-4,6-7H2,1H3,(H2,13,16);2-4H,1H3;5,8H,1-4H2,(H2,7,9);1H2. The molecule has 2 aromatic rings. The van der Waals surface area contributed by atoms with Crippen molar-refractivity contribution >= 4 is 29.1 Å². The summed E-state index contributed by atoms with van der Waals surface area (Å²) in [5, 5.41) is 3.94. The molecule has 0 atom stereocenters. The Morgan fingerprint density at radius 3 is 1.82 bits per heavy atom. The highest BCUT2D eigenvalue weighted by molar-refractivity contribution is 6.31. The van der Waals surface area contributed by atoms with Gasteiger partial charge in [0.25, 0.3) is 0 Å². The molecule has 2 amide bonds. The van der Waals surface area contributed by atoms with E-state index >= 15 is 0 Å². The zero-order valence-corrected chi connectivity index (χ0v) is 20.7. The first-order chi connectivity index (χ1) is 15.8. The average Bonchev–Trinajstić information content (AvgIpc) is 2.83. The summed E-state index contributed by atoms with van der Waals surface area (Å²) < 4.78 is 0. The second-order valence-electron chi connectivity index (χ2n) is 8.38. The molecule has 4 heterocycles. The molecule has 0 spiro atoms.